The fourth-order valence-corrected chi connectivity index (χ4v) is 3.05. The summed E-state index contributed by atoms with van der Waals surface area (Å²) in [5.74, 6) is -0.331. The van der Waals surface area contributed by atoms with Gasteiger partial charge in [0, 0.05) is 24.7 Å². The van der Waals surface area contributed by atoms with Crippen molar-refractivity contribution in [2.24, 2.45) is 0 Å². The Kier molecular flexibility index (Phi) is 5.61. The topological polar surface area (TPSA) is 23.5 Å². The van der Waals surface area contributed by atoms with Crippen LogP contribution >= 0.6 is 11.6 Å². The first kappa shape index (κ1) is 14.8. The molecule has 1 aromatic carbocycles. The average Bonchev–Trinajstić information content (AvgIpc) is 2.44. The van der Waals surface area contributed by atoms with E-state index in [1.54, 1.807) is 18.2 Å². The third kappa shape index (κ3) is 3.91. The Balaban J connectivity index is 2.08. The quantitative estimate of drug-likeness (QED) is 0.893. The molecule has 2 rings (SSSR count). The molecule has 1 N–H and O–H groups in total. The van der Waals surface area contributed by atoms with Crippen molar-refractivity contribution in [1.29, 1.82) is 0 Å². The molecule has 1 aliphatic carbocycles. The number of benzene rings is 1. The second-order valence-electron chi connectivity index (χ2n) is 5.20. The number of hydrogen-bond donors (Lipinski definition) is 1. The van der Waals surface area contributed by atoms with Crippen molar-refractivity contribution in [2.45, 2.75) is 44.7 Å². The lowest BCUT2D eigenvalue weighted by molar-refractivity contribution is 0.116. The lowest BCUT2D eigenvalue weighted by atomic mass is 9.94. The summed E-state index contributed by atoms with van der Waals surface area (Å²) in [7, 11) is 0. The van der Waals surface area contributed by atoms with Crippen LogP contribution in [0.4, 0.5) is 4.39 Å². The van der Waals surface area contributed by atoms with Crippen LogP contribution < -0.4 is 0 Å². The molecule has 106 valence electrons. The lowest BCUT2D eigenvalue weighted by Crippen LogP contribution is -2.38. The molecule has 0 aromatic heterocycles. The zero-order chi connectivity index (χ0) is 13.7. The third-order valence-corrected chi connectivity index (χ3v) is 4.18. The van der Waals surface area contributed by atoms with E-state index in [1.165, 1.54) is 19.3 Å². The molecule has 19 heavy (non-hydrogen) atoms. The SMILES string of the molecule is OCCN(Cc1cccc(Cl)c1F)C1CCCCC1. The standard InChI is InChI=1S/C15H21ClFNO/c16-14-8-4-5-12(15(14)17)11-18(9-10-19)13-6-2-1-3-7-13/h4-5,8,13,19H,1-3,6-7,9-11H2. The normalized spacial score (nSPS) is 17.1. The fraction of sp³-hybridized carbons (Fsp3) is 0.600. The van der Waals surface area contributed by atoms with Crippen molar-refractivity contribution in [2.75, 3.05) is 13.2 Å². The fourth-order valence-electron chi connectivity index (χ4n) is 2.85. The minimum Gasteiger partial charge on any atom is -0.395 e. The molecule has 0 aliphatic heterocycles. The number of nitrogens with zero attached hydrogens (tertiary/aromatic N) is 1. The first-order chi connectivity index (χ1) is 9.22. The zero-order valence-electron chi connectivity index (χ0n) is 11.1. The van der Waals surface area contributed by atoms with Gasteiger partial charge in [0.1, 0.15) is 5.82 Å². The Morgan fingerprint density at radius 2 is 2.00 bits per heavy atom. The van der Waals surface area contributed by atoms with Crippen LogP contribution in [0, 0.1) is 5.82 Å². The molecule has 0 bridgehead atoms. The highest BCUT2D eigenvalue weighted by Gasteiger charge is 2.22. The minimum atomic E-state index is -0.331. The molecule has 0 unspecified atom stereocenters. The summed E-state index contributed by atoms with van der Waals surface area (Å²) in [5.41, 5.74) is 0.617. The summed E-state index contributed by atoms with van der Waals surface area (Å²) in [6, 6.07) is 5.57. The van der Waals surface area contributed by atoms with Gasteiger partial charge in [0.15, 0.2) is 0 Å². The van der Waals surface area contributed by atoms with Crippen molar-refractivity contribution in [3.8, 4) is 0 Å². The molecule has 1 fully saturated rings. The van der Waals surface area contributed by atoms with Crippen molar-refractivity contribution < 1.29 is 9.50 Å². The molecule has 0 radical (unpaired) electrons. The van der Waals surface area contributed by atoms with E-state index in [0.29, 0.717) is 24.7 Å². The van der Waals surface area contributed by atoms with Crippen molar-refractivity contribution in [3.63, 3.8) is 0 Å². The number of hydrogen-bond acceptors (Lipinski definition) is 2. The molecule has 1 aliphatic rings. The van der Waals surface area contributed by atoms with Crippen LogP contribution in [0.1, 0.15) is 37.7 Å². The van der Waals surface area contributed by atoms with Gasteiger partial charge in [0.25, 0.3) is 0 Å². The predicted molar refractivity (Wildman–Crippen MR) is 75.8 cm³/mol. The largest absolute Gasteiger partial charge is 0.395 e. The molecule has 0 saturated heterocycles. The summed E-state index contributed by atoms with van der Waals surface area (Å²) in [6.07, 6.45) is 6.02. The van der Waals surface area contributed by atoms with E-state index in [0.717, 1.165) is 12.8 Å². The number of rotatable bonds is 5. The Labute approximate surface area is 119 Å². The highest BCUT2D eigenvalue weighted by molar-refractivity contribution is 6.30. The number of aliphatic hydroxyl groups is 1. The van der Waals surface area contributed by atoms with Crippen molar-refractivity contribution in [3.05, 3.63) is 34.6 Å². The summed E-state index contributed by atoms with van der Waals surface area (Å²) in [6.45, 7) is 1.23. The highest BCUT2D eigenvalue weighted by Crippen LogP contribution is 2.25. The van der Waals surface area contributed by atoms with Crippen LogP contribution in [-0.2, 0) is 6.54 Å². The van der Waals surface area contributed by atoms with Crippen molar-refractivity contribution >= 4 is 11.6 Å². The van der Waals surface area contributed by atoms with Gasteiger partial charge < -0.3 is 5.11 Å². The van der Waals surface area contributed by atoms with E-state index in [1.807, 2.05) is 0 Å². The van der Waals surface area contributed by atoms with E-state index in [-0.39, 0.29) is 17.4 Å². The zero-order valence-corrected chi connectivity index (χ0v) is 11.9. The molecule has 4 heteroatoms. The summed E-state index contributed by atoms with van der Waals surface area (Å²) in [4.78, 5) is 2.19. The molecule has 2 nitrogen and oxygen atoms in total. The minimum absolute atomic E-state index is 0.110. The third-order valence-electron chi connectivity index (χ3n) is 3.88. The second kappa shape index (κ2) is 7.22. The molecule has 0 heterocycles. The molecular formula is C15H21ClFNO. The Morgan fingerprint density at radius 3 is 2.68 bits per heavy atom. The number of halogens is 2. The Morgan fingerprint density at radius 1 is 1.26 bits per heavy atom. The van der Waals surface area contributed by atoms with Gasteiger partial charge >= 0.3 is 0 Å². The van der Waals surface area contributed by atoms with Crippen molar-refractivity contribution in [1.82, 2.24) is 4.90 Å². The van der Waals surface area contributed by atoms with Gasteiger partial charge in [-0.3, -0.25) is 4.90 Å². The van der Waals surface area contributed by atoms with Crippen LogP contribution in [0.25, 0.3) is 0 Å². The van der Waals surface area contributed by atoms with E-state index in [2.05, 4.69) is 4.90 Å². The Hall–Kier alpha value is -0.640. The van der Waals surface area contributed by atoms with E-state index >= 15 is 0 Å². The summed E-state index contributed by atoms with van der Waals surface area (Å²) >= 11 is 5.82. The summed E-state index contributed by atoms with van der Waals surface area (Å²) < 4.78 is 13.9. The van der Waals surface area contributed by atoms with E-state index < -0.39 is 0 Å². The maximum absolute atomic E-state index is 13.9. The molecule has 0 amide bonds. The highest BCUT2D eigenvalue weighted by atomic mass is 35.5. The predicted octanol–water partition coefficient (Wildman–Crippen LogP) is 3.61. The Bertz CT molecular complexity index is 407. The molecule has 1 aromatic rings. The lowest BCUT2D eigenvalue weighted by Gasteiger charge is -2.34. The molecular weight excluding hydrogens is 265 g/mol. The molecule has 0 atom stereocenters. The van der Waals surface area contributed by atoms with Gasteiger partial charge in [-0.25, -0.2) is 4.39 Å². The first-order valence-electron chi connectivity index (χ1n) is 7.00. The van der Waals surface area contributed by atoms with Crippen LogP contribution in [0.3, 0.4) is 0 Å². The van der Waals surface area contributed by atoms with Gasteiger partial charge in [-0.2, -0.15) is 0 Å². The monoisotopic (exact) mass is 285 g/mol. The first-order valence-corrected chi connectivity index (χ1v) is 7.38. The maximum atomic E-state index is 13.9. The van der Waals surface area contributed by atoms with Crippen LogP contribution in [0.15, 0.2) is 18.2 Å². The van der Waals surface area contributed by atoms with Crippen LogP contribution in [0.5, 0.6) is 0 Å². The summed E-state index contributed by atoms with van der Waals surface area (Å²) in [5, 5.41) is 9.38. The van der Waals surface area contributed by atoms with E-state index in [4.69, 9.17) is 11.6 Å². The van der Waals surface area contributed by atoms with E-state index in [9.17, 15) is 9.50 Å². The van der Waals surface area contributed by atoms with Gasteiger partial charge in [-0.15, -0.1) is 0 Å². The average molecular weight is 286 g/mol. The van der Waals surface area contributed by atoms with Gasteiger partial charge in [0.2, 0.25) is 0 Å². The van der Waals surface area contributed by atoms with Gasteiger partial charge in [0.05, 0.1) is 11.6 Å². The van der Waals surface area contributed by atoms with Crippen LogP contribution in [0.2, 0.25) is 5.02 Å². The maximum Gasteiger partial charge on any atom is 0.146 e. The van der Waals surface area contributed by atoms with Crippen LogP contribution in [-0.4, -0.2) is 29.2 Å². The second-order valence-corrected chi connectivity index (χ2v) is 5.61. The molecule has 1 saturated carbocycles. The smallest absolute Gasteiger partial charge is 0.146 e. The molecule has 0 spiro atoms. The number of aliphatic hydroxyl groups excluding tert-OH is 1. The van der Waals surface area contributed by atoms with Gasteiger partial charge in [-0.1, -0.05) is 43.0 Å². The van der Waals surface area contributed by atoms with Gasteiger partial charge in [-0.05, 0) is 18.9 Å².